The van der Waals surface area contributed by atoms with E-state index in [1.54, 1.807) is 25.3 Å². The molecule has 0 aliphatic rings. The summed E-state index contributed by atoms with van der Waals surface area (Å²) in [6.45, 7) is 1.06. The number of nitrogens with zero attached hydrogens (tertiary/aromatic N) is 1. The van der Waals surface area contributed by atoms with Crippen molar-refractivity contribution < 1.29 is 14.3 Å². The molecule has 0 atom stereocenters. The van der Waals surface area contributed by atoms with Crippen molar-refractivity contribution in [2.24, 2.45) is 11.5 Å². The summed E-state index contributed by atoms with van der Waals surface area (Å²) >= 11 is 0. The van der Waals surface area contributed by atoms with Crippen LogP contribution in [0.5, 0.6) is 11.5 Å². The number of carbonyl (C=O) groups is 1. The first-order valence-electron chi connectivity index (χ1n) is 7.13. The third-order valence-electron chi connectivity index (χ3n) is 3.41. The number of hydrogen-bond acceptors (Lipinski definition) is 5. The molecule has 0 bridgehead atoms. The zero-order valence-corrected chi connectivity index (χ0v) is 15.6. The number of guanidine groups is 1. The monoisotopic (exact) mass is 391 g/mol. The lowest BCUT2D eigenvalue weighted by atomic mass is 10.2. The molecule has 1 aromatic heterocycles. The zero-order chi connectivity index (χ0) is 17.0. The van der Waals surface area contributed by atoms with Crippen LogP contribution in [-0.4, -0.2) is 49.1 Å². The molecular formula is C15H23Cl2N5O3. The molecule has 1 aromatic carbocycles. The molecule has 0 spiro atoms. The van der Waals surface area contributed by atoms with E-state index in [0.717, 1.165) is 16.7 Å². The van der Waals surface area contributed by atoms with Crippen LogP contribution < -0.4 is 20.9 Å². The van der Waals surface area contributed by atoms with Gasteiger partial charge in [-0.05, 0) is 19.0 Å². The minimum atomic E-state index is -0.402. The summed E-state index contributed by atoms with van der Waals surface area (Å²) in [5.41, 5.74) is 11.8. The molecule has 0 saturated heterocycles. The lowest BCUT2D eigenvalue weighted by Crippen LogP contribution is -2.38. The number of carbonyl (C=O) groups excluding carboxylic acids is 1. The van der Waals surface area contributed by atoms with Crippen molar-refractivity contribution >= 4 is 47.6 Å². The number of nitrogens with one attached hydrogen (secondary N) is 2. The van der Waals surface area contributed by atoms with E-state index in [1.807, 2.05) is 0 Å². The van der Waals surface area contributed by atoms with Gasteiger partial charge in [-0.2, -0.15) is 0 Å². The molecule has 0 saturated carbocycles. The van der Waals surface area contributed by atoms with E-state index in [0.29, 0.717) is 35.9 Å². The molecule has 8 nitrogen and oxygen atoms in total. The maximum atomic E-state index is 12.2. The highest BCUT2D eigenvalue weighted by Crippen LogP contribution is 2.32. The van der Waals surface area contributed by atoms with Gasteiger partial charge < -0.3 is 25.9 Å². The lowest BCUT2D eigenvalue weighted by molar-refractivity contribution is 0.0864. The largest absolute Gasteiger partial charge is 0.496 e. The van der Waals surface area contributed by atoms with Gasteiger partial charge in [0.1, 0.15) is 17.2 Å². The van der Waals surface area contributed by atoms with Crippen molar-refractivity contribution in [2.75, 3.05) is 27.3 Å². The summed E-state index contributed by atoms with van der Waals surface area (Å²) in [6, 6.07) is 5.22. The van der Waals surface area contributed by atoms with Crippen LogP contribution in [0.4, 0.5) is 0 Å². The average Bonchev–Trinajstić information content (AvgIpc) is 2.96. The Balaban J connectivity index is 0.00000288. The third kappa shape index (κ3) is 5.15. The molecule has 2 aromatic rings. The fourth-order valence-electron chi connectivity index (χ4n) is 2.11. The van der Waals surface area contributed by atoms with E-state index in [-0.39, 0.29) is 30.8 Å². The van der Waals surface area contributed by atoms with Gasteiger partial charge in [0.25, 0.3) is 5.91 Å². The van der Waals surface area contributed by atoms with Crippen LogP contribution in [0, 0.1) is 5.41 Å². The molecule has 10 heteroatoms. The smallest absolute Gasteiger partial charge is 0.276 e. The SMILES string of the molecule is COc1cc(OCCCN)cc2[nH]c(C(=O)N(C)C(=N)N)cc12.Cl.Cl. The van der Waals surface area contributed by atoms with Crippen LogP contribution in [-0.2, 0) is 0 Å². The summed E-state index contributed by atoms with van der Waals surface area (Å²) in [5.74, 6) is 0.488. The van der Waals surface area contributed by atoms with E-state index in [9.17, 15) is 4.79 Å². The number of aromatic amines is 1. The second-order valence-corrected chi connectivity index (χ2v) is 5.01. The van der Waals surface area contributed by atoms with E-state index in [4.69, 9.17) is 26.4 Å². The number of aromatic nitrogens is 1. The number of halogens is 2. The normalized spacial score (nSPS) is 9.72. The van der Waals surface area contributed by atoms with Gasteiger partial charge >= 0.3 is 0 Å². The number of amides is 1. The summed E-state index contributed by atoms with van der Waals surface area (Å²) in [5, 5.41) is 8.08. The summed E-state index contributed by atoms with van der Waals surface area (Å²) in [4.78, 5) is 16.3. The van der Waals surface area contributed by atoms with Crippen molar-refractivity contribution in [1.29, 1.82) is 5.41 Å². The average molecular weight is 392 g/mol. The first kappa shape index (κ1) is 22.8. The third-order valence-corrected chi connectivity index (χ3v) is 3.41. The Labute approximate surface area is 158 Å². The maximum absolute atomic E-state index is 12.2. The molecule has 0 radical (unpaired) electrons. The van der Waals surface area contributed by atoms with Gasteiger partial charge in [0.05, 0.1) is 19.2 Å². The Hall–Kier alpha value is -2.16. The Morgan fingerprint density at radius 3 is 2.56 bits per heavy atom. The molecule has 2 rings (SSSR count). The molecule has 140 valence electrons. The van der Waals surface area contributed by atoms with Gasteiger partial charge in [-0.15, -0.1) is 24.8 Å². The number of fused-ring (bicyclic) bond motifs is 1. The van der Waals surface area contributed by atoms with E-state index in [2.05, 4.69) is 4.98 Å². The van der Waals surface area contributed by atoms with E-state index in [1.165, 1.54) is 7.05 Å². The first-order chi connectivity index (χ1) is 11.0. The van der Waals surface area contributed by atoms with Crippen molar-refractivity contribution in [3.63, 3.8) is 0 Å². The quantitative estimate of drug-likeness (QED) is 0.338. The highest BCUT2D eigenvalue weighted by molar-refractivity contribution is 6.06. The van der Waals surface area contributed by atoms with Crippen LogP contribution in [0.2, 0.25) is 0 Å². The van der Waals surface area contributed by atoms with E-state index >= 15 is 0 Å². The van der Waals surface area contributed by atoms with Gasteiger partial charge in [-0.1, -0.05) is 0 Å². The Morgan fingerprint density at radius 2 is 2.00 bits per heavy atom. The number of rotatable bonds is 6. The summed E-state index contributed by atoms with van der Waals surface area (Å²) in [6.07, 6.45) is 0.748. The van der Waals surface area contributed by atoms with E-state index < -0.39 is 5.91 Å². The molecule has 0 fully saturated rings. The number of nitrogens with two attached hydrogens (primary N) is 2. The van der Waals surface area contributed by atoms with Crippen LogP contribution in [0.3, 0.4) is 0 Å². The number of methoxy groups -OCH3 is 1. The van der Waals surface area contributed by atoms with Gasteiger partial charge in [-0.25, -0.2) is 0 Å². The lowest BCUT2D eigenvalue weighted by Gasteiger charge is -2.12. The molecule has 0 unspecified atom stereocenters. The number of benzene rings is 1. The van der Waals surface area contributed by atoms with Crippen molar-refractivity contribution in [3.8, 4) is 11.5 Å². The molecule has 6 N–H and O–H groups in total. The van der Waals surface area contributed by atoms with Crippen LogP contribution in [0.15, 0.2) is 18.2 Å². The predicted molar refractivity (Wildman–Crippen MR) is 103 cm³/mol. The van der Waals surface area contributed by atoms with Crippen LogP contribution >= 0.6 is 24.8 Å². The standard InChI is InChI=1S/C15H21N5O3.2ClH/c1-20(15(17)18)14(21)12-8-10-11(19-12)6-9(7-13(10)22-2)23-5-3-4-16;;/h6-8,19H,3-5,16H2,1-2H3,(H3,17,18);2*1H. The molecule has 0 aliphatic heterocycles. The van der Waals surface area contributed by atoms with Crippen molar-refractivity contribution in [1.82, 2.24) is 9.88 Å². The summed E-state index contributed by atoms with van der Waals surface area (Å²) in [7, 11) is 2.99. The second-order valence-electron chi connectivity index (χ2n) is 5.01. The topological polar surface area (TPSA) is 130 Å². The molecular weight excluding hydrogens is 369 g/mol. The van der Waals surface area contributed by atoms with Crippen LogP contribution in [0.25, 0.3) is 10.9 Å². The molecule has 1 heterocycles. The minimum Gasteiger partial charge on any atom is -0.496 e. The first-order valence-corrected chi connectivity index (χ1v) is 7.13. The minimum absolute atomic E-state index is 0. The Kier molecular flexibility index (Phi) is 9.11. The van der Waals surface area contributed by atoms with Crippen molar-refractivity contribution in [3.05, 3.63) is 23.9 Å². The maximum Gasteiger partial charge on any atom is 0.276 e. The van der Waals surface area contributed by atoms with Gasteiger partial charge in [0, 0.05) is 24.6 Å². The Morgan fingerprint density at radius 1 is 1.32 bits per heavy atom. The zero-order valence-electron chi connectivity index (χ0n) is 14.0. The second kappa shape index (κ2) is 9.97. The number of ether oxygens (including phenoxy) is 2. The summed E-state index contributed by atoms with van der Waals surface area (Å²) < 4.78 is 11.0. The van der Waals surface area contributed by atoms with Crippen molar-refractivity contribution in [2.45, 2.75) is 6.42 Å². The fraction of sp³-hybridized carbons (Fsp3) is 0.333. The molecule has 0 aliphatic carbocycles. The fourth-order valence-corrected chi connectivity index (χ4v) is 2.11. The highest BCUT2D eigenvalue weighted by Gasteiger charge is 2.18. The van der Waals surface area contributed by atoms with Crippen LogP contribution in [0.1, 0.15) is 16.9 Å². The molecule has 25 heavy (non-hydrogen) atoms. The van der Waals surface area contributed by atoms with Gasteiger partial charge in [-0.3, -0.25) is 15.1 Å². The highest BCUT2D eigenvalue weighted by atomic mass is 35.5. The molecule has 1 amide bonds. The van der Waals surface area contributed by atoms with Gasteiger partial charge in [0.2, 0.25) is 0 Å². The number of hydrogen-bond donors (Lipinski definition) is 4. The van der Waals surface area contributed by atoms with Gasteiger partial charge in [0.15, 0.2) is 5.96 Å². The number of H-pyrrole nitrogens is 1. The predicted octanol–water partition coefficient (Wildman–Crippen LogP) is 1.71. The Bertz CT molecular complexity index is 735.